The van der Waals surface area contributed by atoms with Gasteiger partial charge in [0.05, 0.1) is 14.2 Å². The highest BCUT2D eigenvalue weighted by Gasteiger charge is 2.22. The van der Waals surface area contributed by atoms with E-state index < -0.39 is 0 Å². The summed E-state index contributed by atoms with van der Waals surface area (Å²) in [6.07, 6.45) is 2.08. The molecule has 1 saturated heterocycles. The summed E-state index contributed by atoms with van der Waals surface area (Å²) in [5, 5.41) is 13.9. The van der Waals surface area contributed by atoms with Crippen molar-refractivity contribution < 1.29 is 24.1 Å². The van der Waals surface area contributed by atoms with Crippen molar-refractivity contribution in [2.75, 3.05) is 40.7 Å². The molecule has 0 radical (unpaired) electrons. The van der Waals surface area contributed by atoms with E-state index in [1.807, 2.05) is 0 Å². The van der Waals surface area contributed by atoms with Gasteiger partial charge >= 0.3 is 0 Å². The number of aliphatic hydroxyl groups excluding tert-OH is 1. The molecule has 2 aliphatic rings. The Bertz CT molecular complexity index is 1090. The molecule has 0 unspecified atom stereocenters. The van der Waals surface area contributed by atoms with Gasteiger partial charge in [0.2, 0.25) is 6.79 Å². The van der Waals surface area contributed by atoms with Crippen LogP contribution in [0, 0.1) is 5.92 Å². The molecule has 3 aromatic rings. The van der Waals surface area contributed by atoms with Crippen LogP contribution in [-0.2, 0) is 6.54 Å². The molecule has 0 spiro atoms. The molecule has 0 atom stereocenters. The average molecular weight is 409 g/mol. The molecule has 6 nitrogen and oxygen atoms in total. The summed E-state index contributed by atoms with van der Waals surface area (Å²) >= 11 is 0. The number of methoxy groups -OCH3 is 2. The summed E-state index contributed by atoms with van der Waals surface area (Å²) in [5.41, 5.74) is 1.25. The van der Waals surface area contributed by atoms with Crippen molar-refractivity contribution in [3.05, 3.63) is 35.9 Å². The van der Waals surface area contributed by atoms with E-state index in [1.165, 1.54) is 5.56 Å². The average Bonchev–Trinajstić information content (AvgIpc) is 3.25. The zero-order valence-electron chi connectivity index (χ0n) is 17.4. The van der Waals surface area contributed by atoms with E-state index in [9.17, 15) is 5.11 Å². The van der Waals surface area contributed by atoms with Gasteiger partial charge in [-0.25, -0.2) is 0 Å². The van der Waals surface area contributed by atoms with Crippen molar-refractivity contribution in [3.63, 3.8) is 0 Å². The second kappa shape index (κ2) is 7.85. The number of hydrogen-bond acceptors (Lipinski definition) is 6. The molecule has 158 valence electrons. The quantitative estimate of drug-likeness (QED) is 0.644. The molecule has 0 amide bonds. The molecule has 1 fully saturated rings. The largest absolute Gasteiger partial charge is 0.493 e. The minimum atomic E-state index is 0.257. The maximum absolute atomic E-state index is 9.44. The van der Waals surface area contributed by atoms with Crippen LogP contribution in [0.5, 0.6) is 23.0 Å². The Morgan fingerprint density at radius 2 is 1.57 bits per heavy atom. The van der Waals surface area contributed by atoms with Crippen LogP contribution in [0.1, 0.15) is 18.4 Å². The van der Waals surface area contributed by atoms with Gasteiger partial charge in [0.1, 0.15) is 0 Å². The maximum Gasteiger partial charge on any atom is 0.231 e. The molecule has 5 rings (SSSR count). The van der Waals surface area contributed by atoms with Crippen LogP contribution in [0.4, 0.5) is 0 Å². The normalized spacial score (nSPS) is 17.0. The second-order valence-electron chi connectivity index (χ2n) is 8.12. The first-order valence-corrected chi connectivity index (χ1v) is 10.4. The lowest BCUT2D eigenvalue weighted by Crippen LogP contribution is -2.34. The highest BCUT2D eigenvalue weighted by atomic mass is 16.7. The summed E-state index contributed by atoms with van der Waals surface area (Å²) in [5.74, 6) is 3.43. The van der Waals surface area contributed by atoms with Gasteiger partial charge in [0.15, 0.2) is 23.0 Å². The molecule has 30 heavy (non-hydrogen) atoms. The Morgan fingerprint density at radius 1 is 0.900 bits per heavy atom. The molecule has 0 bridgehead atoms. The number of piperidine rings is 1. The number of hydrogen-bond donors (Lipinski definition) is 1. The van der Waals surface area contributed by atoms with Crippen LogP contribution in [-0.4, -0.2) is 50.7 Å². The fourth-order valence-electron chi connectivity index (χ4n) is 4.64. The molecule has 0 saturated carbocycles. The fraction of sp³-hybridized carbons (Fsp3) is 0.417. The lowest BCUT2D eigenvalue weighted by atomic mass is 9.94. The predicted octanol–water partition coefficient (Wildman–Crippen LogP) is 3.94. The Morgan fingerprint density at radius 3 is 2.23 bits per heavy atom. The molecular weight excluding hydrogens is 382 g/mol. The standard InChI is InChI=1S/C24H27NO5/c1-27-21-9-19-17(12-25-5-3-15(13-26)4-6-25)7-16-8-23-24(30-14-29-23)10-18(16)20(19)11-22(21)28-2/h7-11,15,26H,3-6,12-14H2,1-2H3. The third-order valence-electron chi connectivity index (χ3n) is 6.39. The monoisotopic (exact) mass is 409 g/mol. The molecule has 2 aliphatic heterocycles. The lowest BCUT2D eigenvalue weighted by Gasteiger charge is -2.31. The predicted molar refractivity (Wildman–Crippen MR) is 116 cm³/mol. The molecule has 6 heteroatoms. The van der Waals surface area contributed by atoms with Crippen molar-refractivity contribution in [3.8, 4) is 23.0 Å². The molecular formula is C24H27NO5. The highest BCUT2D eigenvalue weighted by molar-refractivity contribution is 6.11. The molecule has 3 aromatic carbocycles. The van der Waals surface area contributed by atoms with E-state index in [4.69, 9.17) is 18.9 Å². The van der Waals surface area contributed by atoms with E-state index in [1.54, 1.807) is 14.2 Å². The maximum atomic E-state index is 9.44. The Kier molecular flexibility index (Phi) is 5.05. The van der Waals surface area contributed by atoms with Crippen molar-refractivity contribution >= 4 is 21.5 Å². The van der Waals surface area contributed by atoms with Crippen LogP contribution in [0.15, 0.2) is 30.3 Å². The number of benzene rings is 3. The Hall–Kier alpha value is -2.70. The van der Waals surface area contributed by atoms with Crippen molar-refractivity contribution in [1.82, 2.24) is 4.90 Å². The number of rotatable bonds is 5. The van der Waals surface area contributed by atoms with Gasteiger partial charge in [0.25, 0.3) is 0 Å². The lowest BCUT2D eigenvalue weighted by molar-refractivity contribution is 0.127. The number of likely N-dealkylation sites (tertiary alicyclic amines) is 1. The smallest absolute Gasteiger partial charge is 0.231 e. The van der Waals surface area contributed by atoms with Crippen molar-refractivity contribution in [2.45, 2.75) is 19.4 Å². The summed E-state index contributed by atoms with van der Waals surface area (Å²) in [6.45, 7) is 3.40. The number of fused-ring (bicyclic) bond motifs is 4. The Labute approximate surface area is 175 Å². The summed E-state index contributed by atoms with van der Waals surface area (Å²) < 4.78 is 22.4. The number of nitrogens with zero attached hydrogens (tertiary/aromatic N) is 1. The van der Waals surface area contributed by atoms with E-state index >= 15 is 0 Å². The van der Waals surface area contributed by atoms with Crippen molar-refractivity contribution in [1.29, 1.82) is 0 Å². The van der Waals surface area contributed by atoms with Crippen LogP contribution < -0.4 is 18.9 Å². The van der Waals surface area contributed by atoms with Crippen molar-refractivity contribution in [2.24, 2.45) is 5.92 Å². The first-order valence-electron chi connectivity index (χ1n) is 10.4. The van der Waals surface area contributed by atoms with Gasteiger partial charge < -0.3 is 24.1 Å². The highest BCUT2D eigenvalue weighted by Crippen LogP contribution is 2.43. The van der Waals surface area contributed by atoms with Crippen LogP contribution >= 0.6 is 0 Å². The molecule has 0 aliphatic carbocycles. The van der Waals surface area contributed by atoms with Gasteiger partial charge in [-0.1, -0.05) is 0 Å². The van der Waals surface area contributed by atoms with Crippen LogP contribution in [0.3, 0.4) is 0 Å². The van der Waals surface area contributed by atoms with E-state index in [0.717, 1.165) is 71.3 Å². The number of ether oxygens (including phenoxy) is 4. The van der Waals surface area contributed by atoms with E-state index in [0.29, 0.717) is 11.7 Å². The fourth-order valence-corrected chi connectivity index (χ4v) is 4.64. The topological polar surface area (TPSA) is 60.4 Å². The SMILES string of the molecule is COc1cc2c(CN3CCC(CO)CC3)cc3cc4c(cc3c2cc1OC)OCO4. The first-order chi connectivity index (χ1) is 14.7. The molecule has 2 heterocycles. The summed E-state index contributed by atoms with van der Waals surface area (Å²) in [6, 6.07) is 10.5. The number of aliphatic hydroxyl groups is 1. The van der Waals surface area contributed by atoms with Gasteiger partial charge in [-0.05, 0) is 89.3 Å². The van der Waals surface area contributed by atoms with Gasteiger partial charge in [-0.15, -0.1) is 0 Å². The summed E-state index contributed by atoms with van der Waals surface area (Å²) in [4.78, 5) is 2.47. The van der Waals surface area contributed by atoms with Gasteiger partial charge in [0, 0.05) is 13.2 Å². The minimum Gasteiger partial charge on any atom is -0.493 e. The van der Waals surface area contributed by atoms with E-state index in [2.05, 4.69) is 35.2 Å². The van der Waals surface area contributed by atoms with Gasteiger partial charge in [-0.2, -0.15) is 0 Å². The minimum absolute atomic E-state index is 0.257. The third kappa shape index (κ3) is 3.30. The molecule has 0 aromatic heterocycles. The van der Waals surface area contributed by atoms with E-state index in [-0.39, 0.29) is 13.4 Å². The summed E-state index contributed by atoms with van der Waals surface area (Å²) in [7, 11) is 3.33. The van der Waals surface area contributed by atoms with Gasteiger partial charge in [-0.3, -0.25) is 4.90 Å². The zero-order chi connectivity index (χ0) is 20.7. The van der Waals surface area contributed by atoms with Crippen LogP contribution in [0.2, 0.25) is 0 Å². The second-order valence-corrected chi connectivity index (χ2v) is 8.12. The Balaban J connectivity index is 1.65. The first kappa shape index (κ1) is 19.3. The zero-order valence-corrected chi connectivity index (χ0v) is 17.4. The third-order valence-corrected chi connectivity index (χ3v) is 6.39. The van der Waals surface area contributed by atoms with Crippen LogP contribution in [0.25, 0.3) is 21.5 Å². The molecule has 1 N–H and O–H groups in total.